The highest BCUT2D eigenvalue weighted by Gasteiger charge is 2.81. The van der Waals surface area contributed by atoms with Gasteiger partial charge in [0.1, 0.15) is 0 Å². The van der Waals surface area contributed by atoms with Crippen molar-refractivity contribution >= 4 is 5.97 Å². The van der Waals surface area contributed by atoms with Gasteiger partial charge in [-0.15, -0.1) is 0 Å². The standard InChI is InChI=1S/C30H42O4/c1-18-15-30(33-23(18)31)16-19(24(32)34-30)20-9-12-27(5)22-8-7-21-25(2,3)10-6-11-28(21)17-29(22,28)14-13-26(20,27)4/h6,11,15,19-22,24,32H,7-10,12-14,16-17H2,1-5H3/t19-,20-,21+,22+,24-,26-,27+,28-,29+,30-/m1/s1. The molecular formula is C30H42O4. The third-order valence-corrected chi connectivity index (χ3v) is 13.2. The highest BCUT2D eigenvalue weighted by atomic mass is 16.8. The molecule has 4 heteroatoms. The van der Waals surface area contributed by atoms with Crippen molar-refractivity contribution in [2.75, 3.05) is 0 Å². The van der Waals surface area contributed by atoms with Crippen LogP contribution in [0.5, 0.6) is 0 Å². The number of ether oxygens (including phenoxy) is 2. The summed E-state index contributed by atoms with van der Waals surface area (Å²) in [6.07, 6.45) is 17.1. The number of rotatable bonds is 1. The van der Waals surface area contributed by atoms with E-state index in [1.54, 1.807) is 13.0 Å². The smallest absolute Gasteiger partial charge is 0.336 e. The van der Waals surface area contributed by atoms with Crippen molar-refractivity contribution in [3.8, 4) is 0 Å². The summed E-state index contributed by atoms with van der Waals surface area (Å²) in [6, 6.07) is 0. The number of carbonyl (C=O) groups is 1. The van der Waals surface area contributed by atoms with Crippen LogP contribution in [-0.2, 0) is 14.3 Å². The van der Waals surface area contributed by atoms with Crippen molar-refractivity contribution in [1.29, 1.82) is 0 Å². The third kappa shape index (κ3) is 2.32. The molecule has 7 aliphatic rings. The van der Waals surface area contributed by atoms with Crippen LogP contribution in [0, 0.1) is 50.7 Å². The molecule has 2 aliphatic heterocycles. The van der Waals surface area contributed by atoms with Crippen molar-refractivity contribution in [3.05, 3.63) is 23.8 Å². The first-order valence-electron chi connectivity index (χ1n) is 13.9. The monoisotopic (exact) mass is 466 g/mol. The maximum atomic E-state index is 12.1. The van der Waals surface area contributed by atoms with Crippen LogP contribution in [-0.4, -0.2) is 23.2 Å². The van der Waals surface area contributed by atoms with Crippen molar-refractivity contribution in [3.63, 3.8) is 0 Å². The van der Waals surface area contributed by atoms with Gasteiger partial charge < -0.3 is 14.6 Å². The molecule has 186 valence electrons. The molecule has 4 nitrogen and oxygen atoms in total. The second-order valence-electron chi connectivity index (χ2n) is 14.5. The lowest BCUT2D eigenvalue weighted by atomic mass is 9.42. The Bertz CT molecular complexity index is 1030. The van der Waals surface area contributed by atoms with E-state index in [0.717, 1.165) is 18.3 Å². The number of aliphatic hydroxyl groups is 1. The van der Waals surface area contributed by atoms with E-state index in [0.29, 0.717) is 39.6 Å². The van der Waals surface area contributed by atoms with Crippen molar-refractivity contribution in [2.24, 2.45) is 50.7 Å². The highest BCUT2D eigenvalue weighted by molar-refractivity contribution is 5.90. The predicted molar refractivity (Wildman–Crippen MR) is 129 cm³/mol. The Morgan fingerprint density at radius 3 is 2.50 bits per heavy atom. The minimum absolute atomic E-state index is 0.0221. The number of fused-ring (bicyclic) bond motifs is 2. The van der Waals surface area contributed by atoms with Gasteiger partial charge in [0, 0.05) is 17.9 Å². The van der Waals surface area contributed by atoms with Gasteiger partial charge in [-0.1, -0.05) is 39.8 Å². The molecule has 0 amide bonds. The normalized spacial score (nSPS) is 58.6. The van der Waals surface area contributed by atoms with Gasteiger partial charge in [0.2, 0.25) is 5.79 Å². The molecule has 0 bridgehead atoms. The maximum absolute atomic E-state index is 12.1. The van der Waals surface area contributed by atoms with Crippen LogP contribution in [0.1, 0.15) is 92.4 Å². The van der Waals surface area contributed by atoms with E-state index >= 15 is 0 Å². The first kappa shape index (κ1) is 22.1. The summed E-state index contributed by atoms with van der Waals surface area (Å²) in [6.45, 7) is 12.0. The van der Waals surface area contributed by atoms with Gasteiger partial charge in [-0.25, -0.2) is 4.79 Å². The van der Waals surface area contributed by atoms with E-state index < -0.39 is 12.1 Å². The van der Waals surface area contributed by atoms with Gasteiger partial charge >= 0.3 is 5.97 Å². The molecule has 7 rings (SSSR count). The Labute approximate surface area is 204 Å². The first-order valence-corrected chi connectivity index (χ1v) is 13.9. The SMILES string of the molecule is CC1=C[C@@]2(C[C@H]([C@H]3CC[C@@]4(C)[C@@H]5CC[C@H]6C(C)(C)CC=C[C@@]67C[C@@]57CC[C@]34C)[C@H](O)O2)OC1=O. The lowest BCUT2D eigenvalue weighted by Gasteiger charge is -2.62. The Balaban J connectivity index is 1.21. The Kier molecular flexibility index (Phi) is 4.04. The van der Waals surface area contributed by atoms with E-state index in [-0.39, 0.29) is 17.3 Å². The second kappa shape index (κ2) is 6.22. The third-order valence-electron chi connectivity index (χ3n) is 13.2. The average molecular weight is 467 g/mol. The van der Waals surface area contributed by atoms with Crippen LogP contribution in [0.2, 0.25) is 0 Å². The van der Waals surface area contributed by atoms with E-state index in [1.165, 1.54) is 44.9 Å². The predicted octanol–water partition coefficient (Wildman–Crippen LogP) is 6.15. The second-order valence-corrected chi connectivity index (χ2v) is 14.5. The molecule has 1 saturated heterocycles. The minimum atomic E-state index is -1.05. The summed E-state index contributed by atoms with van der Waals surface area (Å²) in [7, 11) is 0. The van der Waals surface area contributed by atoms with E-state index in [1.807, 2.05) is 0 Å². The minimum Gasteiger partial charge on any atom is -0.426 e. The molecule has 0 aromatic rings. The Hall–Kier alpha value is -1.13. The van der Waals surface area contributed by atoms with Crippen LogP contribution in [0.15, 0.2) is 23.8 Å². The number of hydrogen-bond donors (Lipinski definition) is 1. The van der Waals surface area contributed by atoms with Gasteiger partial charge in [-0.3, -0.25) is 0 Å². The van der Waals surface area contributed by atoms with Crippen LogP contribution >= 0.6 is 0 Å². The van der Waals surface area contributed by atoms with Crippen molar-refractivity contribution in [2.45, 2.75) is 104 Å². The number of allylic oxidation sites excluding steroid dienone is 2. The first-order chi connectivity index (χ1) is 15.9. The zero-order valence-electron chi connectivity index (χ0n) is 21.7. The van der Waals surface area contributed by atoms with E-state index in [9.17, 15) is 9.90 Å². The molecule has 0 aromatic heterocycles. The van der Waals surface area contributed by atoms with E-state index in [2.05, 4.69) is 39.8 Å². The molecule has 0 unspecified atom stereocenters. The zero-order chi connectivity index (χ0) is 23.9. The Morgan fingerprint density at radius 1 is 1.00 bits per heavy atom. The molecule has 0 aromatic carbocycles. The summed E-state index contributed by atoms with van der Waals surface area (Å²) in [5.41, 5.74) is 2.45. The molecule has 1 N–H and O–H groups in total. The van der Waals surface area contributed by atoms with Crippen LogP contribution < -0.4 is 0 Å². The summed E-state index contributed by atoms with van der Waals surface area (Å²) < 4.78 is 11.6. The fourth-order valence-corrected chi connectivity index (χ4v) is 11.5. The highest BCUT2D eigenvalue weighted by Crippen LogP contribution is 2.88. The lowest BCUT2D eigenvalue weighted by molar-refractivity contribution is -0.226. The molecule has 5 aliphatic carbocycles. The summed E-state index contributed by atoms with van der Waals surface area (Å²) >= 11 is 0. The largest absolute Gasteiger partial charge is 0.426 e. The van der Waals surface area contributed by atoms with Gasteiger partial charge in [-0.2, -0.15) is 0 Å². The summed E-state index contributed by atoms with van der Waals surface area (Å²) in [5, 5.41) is 11.1. The number of esters is 1. The molecule has 4 saturated carbocycles. The number of hydrogen-bond acceptors (Lipinski definition) is 4. The molecular weight excluding hydrogens is 424 g/mol. The topological polar surface area (TPSA) is 55.8 Å². The summed E-state index contributed by atoms with van der Waals surface area (Å²) in [5.74, 6) is 0.681. The molecule has 5 fully saturated rings. The fourth-order valence-electron chi connectivity index (χ4n) is 11.5. The van der Waals surface area contributed by atoms with Crippen LogP contribution in [0.4, 0.5) is 0 Å². The molecule has 34 heavy (non-hydrogen) atoms. The van der Waals surface area contributed by atoms with Gasteiger partial charge in [0.25, 0.3) is 0 Å². The molecule has 2 heterocycles. The van der Waals surface area contributed by atoms with Crippen molar-refractivity contribution in [1.82, 2.24) is 0 Å². The summed E-state index contributed by atoms with van der Waals surface area (Å²) in [4.78, 5) is 12.1. The lowest BCUT2D eigenvalue weighted by Crippen LogP contribution is -2.55. The van der Waals surface area contributed by atoms with E-state index in [4.69, 9.17) is 9.47 Å². The number of carbonyl (C=O) groups excluding carboxylic acids is 1. The quantitative estimate of drug-likeness (QED) is 0.372. The van der Waals surface area contributed by atoms with Gasteiger partial charge in [0.15, 0.2) is 6.29 Å². The molecule has 3 spiro atoms. The Morgan fingerprint density at radius 2 is 1.76 bits per heavy atom. The average Bonchev–Trinajstić information content (AvgIpc) is 3.02. The van der Waals surface area contributed by atoms with Crippen LogP contribution in [0.3, 0.4) is 0 Å². The van der Waals surface area contributed by atoms with Gasteiger partial charge in [0.05, 0.1) is 0 Å². The molecule has 10 atom stereocenters. The van der Waals surface area contributed by atoms with Gasteiger partial charge in [-0.05, 0) is 109 Å². The zero-order valence-corrected chi connectivity index (χ0v) is 21.7. The van der Waals surface area contributed by atoms with Crippen molar-refractivity contribution < 1.29 is 19.4 Å². The maximum Gasteiger partial charge on any atom is 0.336 e. The molecule has 0 radical (unpaired) electrons. The number of aliphatic hydroxyl groups excluding tert-OH is 1. The van der Waals surface area contributed by atoms with Crippen LogP contribution in [0.25, 0.3) is 0 Å². The fraction of sp³-hybridized carbons (Fsp3) is 0.833.